The molecule has 18 heavy (non-hydrogen) atoms. The van der Waals surface area contributed by atoms with Crippen LogP contribution >= 0.6 is 11.8 Å². The maximum atomic E-state index is 6.38. The van der Waals surface area contributed by atoms with E-state index in [0.29, 0.717) is 6.04 Å². The lowest BCUT2D eigenvalue weighted by atomic mass is 9.85. The van der Waals surface area contributed by atoms with Gasteiger partial charge in [0, 0.05) is 17.0 Å². The molecule has 2 N–H and O–H groups in total. The van der Waals surface area contributed by atoms with Gasteiger partial charge in [-0.3, -0.25) is 0 Å². The predicted octanol–water partition coefficient (Wildman–Crippen LogP) is 4.21. The van der Waals surface area contributed by atoms with Crippen molar-refractivity contribution in [1.29, 1.82) is 0 Å². The highest BCUT2D eigenvalue weighted by Crippen LogP contribution is 2.49. The zero-order valence-electron chi connectivity index (χ0n) is 11.7. The van der Waals surface area contributed by atoms with Gasteiger partial charge in [0.1, 0.15) is 0 Å². The van der Waals surface area contributed by atoms with Gasteiger partial charge in [0.15, 0.2) is 0 Å². The van der Waals surface area contributed by atoms with Crippen molar-refractivity contribution in [2.45, 2.75) is 75.5 Å². The van der Waals surface area contributed by atoms with Crippen LogP contribution in [0.1, 0.15) is 64.2 Å². The van der Waals surface area contributed by atoms with Crippen molar-refractivity contribution < 1.29 is 0 Å². The van der Waals surface area contributed by atoms with Gasteiger partial charge >= 0.3 is 0 Å². The normalized spacial score (nSPS) is 38.2. The molecule has 0 saturated heterocycles. The third kappa shape index (κ3) is 3.25. The van der Waals surface area contributed by atoms with Gasteiger partial charge in [0.2, 0.25) is 0 Å². The van der Waals surface area contributed by atoms with E-state index in [4.69, 9.17) is 5.73 Å². The average molecular weight is 267 g/mol. The average Bonchev–Trinajstić information content (AvgIpc) is 3.00. The number of thioether (sulfide) groups is 1. The van der Waals surface area contributed by atoms with Gasteiger partial charge in [-0.2, -0.15) is 11.8 Å². The van der Waals surface area contributed by atoms with Crippen molar-refractivity contribution >= 4 is 11.8 Å². The molecule has 3 saturated carbocycles. The molecule has 0 spiro atoms. The van der Waals surface area contributed by atoms with E-state index in [1.54, 1.807) is 0 Å². The maximum Gasteiger partial charge on any atom is 0.0133 e. The summed E-state index contributed by atoms with van der Waals surface area (Å²) < 4.78 is 0. The van der Waals surface area contributed by atoms with E-state index >= 15 is 0 Å². The first-order valence-corrected chi connectivity index (χ1v) is 9.23. The molecular weight excluding hydrogens is 238 g/mol. The van der Waals surface area contributed by atoms with E-state index in [-0.39, 0.29) is 0 Å². The summed E-state index contributed by atoms with van der Waals surface area (Å²) in [4.78, 5) is 0. The third-order valence-corrected chi connectivity index (χ3v) is 7.15. The molecule has 0 aliphatic heterocycles. The summed E-state index contributed by atoms with van der Waals surface area (Å²) in [5.74, 6) is 4.35. The Bertz CT molecular complexity index is 262. The molecule has 3 aliphatic carbocycles. The monoisotopic (exact) mass is 267 g/mol. The largest absolute Gasteiger partial charge is 0.327 e. The van der Waals surface area contributed by atoms with Crippen LogP contribution in [0.4, 0.5) is 0 Å². The Morgan fingerprint density at radius 2 is 1.83 bits per heavy atom. The summed E-state index contributed by atoms with van der Waals surface area (Å²) >= 11 is 2.18. The van der Waals surface area contributed by atoms with E-state index in [1.807, 2.05) is 0 Å². The fourth-order valence-electron chi connectivity index (χ4n) is 4.61. The molecule has 3 rings (SSSR count). The zero-order valence-corrected chi connectivity index (χ0v) is 12.5. The number of hydrogen-bond donors (Lipinski definition) is 1. The molecule has 3 aliphatic rings. The minimum Gasteiger partial charge on any atom is -0.327 e. The molecule has 2 heteroatoms. The first-order valence-electron chi connectivity index (χ1n) is 8.18. The van der Waals surface area contributed by atoms with Gasteiger partial charge in [-0.25, -0.2) is 0 Å². The number of hydrogen-bond acceptors (Lipinski definition) is 2. The van der Waals surface area contributed by atoms with Crippen LogP contribution in [-0.4, -0.2) is 17.0 Å². The van der Waals surface area contributed by atoms with Crippen LogP contribution in [0, 0.1) is 17.8 Å². The minimum atomic E-state index is 0.473. The van der Waals surface area contributed by atoms with E-state index in [2.05, 4.69) is 11.8 Å². The molecule has 0 amide bonds. The van der Waals surface area contributed by atoms with E-state index < -0.39 is 0 Å². The molecule has 104 valence electrons. The fraction of sp³-hybridized carbons (Fsp3) is 1.00. The Kier molecular flexibility index (Phi) is 4.56. The Morgan fingerprint density at radius 1 is 1.00 bits per heavy atom. The molecule has 4 atom stereocenters. The van der Waals surface area contributed by atoms with Crippen molar-refractivity contribution in [1.82, 2.24) is 0 Å². The highest BCUT2D eigenvalue weighted by molar-refractivity contribution is 7.99. The lowest BCUT2D eigenvalue weighted by Gasteiger charge is -2.26. The molecule has 4 unspecified atom stereocenters. The van der Waals surface area contributed by atoms with Gasteiger partial charge in [0.25, 0.3) is 0 Å². The molecule has 3 fully saturated rings. The first kappa shape index (κ1) is 13.3. The standard InChI is InChI=1S/C16H29NS/c17-15(11-18-16-4-2-1-3-5-16)10-14-9-12-6-7-13(14)8-12/h12-16H,1-11,17H2. The van der Waals surface area contributed by atoms with Crippen LogP contribution < -0.4 is 5.73 Å². The second kappa shape index (κ2) is 6.17. The van der Waals surface area contributed by atoms with Crippen molar-refractivity contribution in [3.63, 3.8) is 0 Å². The Morgan fingerprint density at radius 3 is 2.50 bits per heavy atom. The van der Waals surface area contributed by atoms with Crippen molar-refractivity contribution in [3.8, 4) is 0 Å². The lowest BCUT2D eigenvalue weighted by Crippen LogP contribution is -2.29. The fourth-order valence-corrected chi connectivity index (χ4v) is 5.94. The summed E-state index contributed by atoms with van der Waals surface area (Å²) in [5.41, 5.74) is 6.38. The molecule has 0 aromatic carbocycles. The molecule has 2 bridgehead atoms. The topological polar surface area (TPSA) is 26.0 Å². The zero-order chi connectivity index (χ0) is 12.4. The Labute approximate surface area is 117 Å². The van der Waals surface area contributed by atoms with E-state index in [0.717, 1.165) is 23.0 Å². The smallest absolute Gasteiger partial charge is 0.0133 e. The van der Waals surface area contributed by atoms with Crippen LogP contribution in [0.2, 0.25) is 0 Å². The van der Waals surface area contributed by atoms with Crippen LogP contribution in [0.25, 0.3) is 0 Å². The van der Waals surface area contributed by atoms with Gasteiger partial charge < -0.3 is 5.73 Å². The van der Waals surface area contributed by atoms with Crippen molar-refractivity contribution in [2.75, 3.05) is 5.75 Å². The minimum absolute atomic E-state index is 0.473. The number of nitrogens with two attached hydrogens (primary N) is 1. The predicted molar refractivity (Wildman–Crippen MR) is 80.9 cm³/mol. The summed E-state index contributed by atoms with van der Waals surface area (Å²) in [6.07, 6.45) is 14.7. The summed E-state index contributed by atoms with van der Waals surface area (Å²) in [6, 6.07) is 0.473. The van der Waals surface area contributed by atoms with Gasteiger partial charge in [-0.15, -0.1) is 0 Å². The van der Waals surface area contributed by atoms with Crippen LogP contribution in [0.3, 0.4) is 0 Å². The summed E-state index contributed by atoms with van der Waals surface area (Å²) in [6.45, 7) is 0. The van der Waals surface area contributed by atoms with Crippen LogP contribution in [0.5, 0.6) is 0 Å². The highest BCUT2D eigenvalue weighted by atomic mass is 32.2. The molecular formula is C16H29NS. The summed E-state index contributed by atoms with van der Waals surface area (Å²) in [7, 11) is 0. The van der Waals surface area contributed by atoms with Crippen LogP contribution in [-0.2, 0) is 0 Å². The molecule has 0 aromatic rings. The summed E-state index contributed by atoms with van der Waals surface area (Å²) in [5, 5.41) is 0.935. The van der Waals surface area contributed by atoms with Crippen molar-refractivity contribution in [3.05, 3.63) is 0 Å². The Hall–Kier alpha value is 0.310. The first-order chi connectivity index (χ1) is 8.81. The lowest BCUT2D eigenvalue weighted by molar-refractivity contribution is 0.300. The molecule has 0 heterocycles. The SMILES string of the molecule is NC(CSC1CCCCC1)CC1CC2CCC1C2. The quantitative estimate of drug-likeness (QED) is 0.807. The number of fused-ring (bicyclic) bond motifs is 2. The van der Waals surface area contributed by atoms with E-state index in [1.165, 1.54) is 70.0 Å². The molecule has 0 aromatic heterocycles. The second-order valence-corrected chi connectivity index (χ2v) is 8.36. The molecule has 0 radical (unpaired) electrons. The number of rotatable bonds is 5. The van der Waals surface area contributed by atoms with Crippen LogP contribution in [0.15, 0.2) is 0 Å². The Balaban J connectivity index is 1.35. The van der Waals surface area contributed by atoms with E-state index in [9.17, 15) is 0 Å². The van der Waals surface area contributed by atoms with Crippen molar-refractivity contribution in [2.24, 2.45) is 23.5 Å². The van der Waals surface area contributed by atoms with Gasteiger partial charge in [0.05, 0.1) is 0 Å². The second-order valence-electron chi connectivity index (χ2n) is 7.02. The highest BCUT2D eigenvalue weighted by Gasteiger charge is 2.39. The third-order valence-electron chi connectivity index (χ3n) is 5.59. The maximum absolute atomic E-state index is 6.38. The van der Waals surface area contributed by atoms with Gasteiger partial charge in [-0.05, 0) is 56.3 Å². The molecule has 1 nitrogen and oxygen atoms in total. The van der Waals surface area contributed by atoms with Gasteiger partial charge in [-0.1, -0.05) is 25.7 Å².